The van der Waals surface area contributed by atoms with Crippen LogP contribution in [0, 0.1) is 0 Å². The van der Waals surface area contributed by atoms with E-state index < -0.39 is 0 Å². The number of halogens is 2. The minimum Gasteiger partial charge on any atom is -0.340 e. The molecule has 3 nitrogen and oxygen atoms in total. The normalized spacial score (nSPS) is 21.7. The fourth-order valence-electron chi connectivity index (χ4n) is 4.36. The fourth-order valence-corrected chi connectivity index (χ4v) is 5.09. The molecule has 0 spiro atoms. The van der Waals surface area contributed by atoms with Gasteiger partial charge in [0.05, 0.1) is 0 Å². The van der Waals surface area contributed by atoms with Crippen molar-refractivity contribution in [3.05, 3.63) is 45.3 Å². The summed E-state index contributed by atoms with van der Waals surface area (Å²) in [6.07, 6.45) is 1.17. The van der Waals surface area contributed by atoms with Crippen LogP contribution in [0.2, 0.25) is 0 Å². The maximum atomic E-state index is 3.63. The van der Waals surface area contributed by atoms with Crippen LogP contribution in [0.3, 0.4) is 0 Å². The lowest BCUT2D eigenvalue weighted by atomic mass is 10.1. The van der Waals surface area contributed by atoms with Crippen LogP contribution < -0.4 is 5.32 Å². The van der Waals surface area contributed by atoms with E-state index in [2.05, 4.69) is 96.9 Å². The first-order valence-corrected chi connectivity index (χ1v) is 11.0. The van der Waals surface area contributed by atoms with Crippen LogP contribution >= 0.6 is 31.9 Å². The zero-order chi connectivity index (χ0) is 18.3. The molecule has 4 rings (SSSR count). The molecule has 1 saturated heterocycles. The van der Waals surface area contributed by atoms with Gasteiger partial charge < -0.3 is 14.8 Å². The summed E-state index contributed by atoms with van der Waals surface area (Å²) in [5.41, 5.74) is 2.65. The van der Waals surface area contributed by atoms with E-state index in [0.29, 0.717) is 12.1 Å². The molecule has 2 heterocycles. The lowest BCUT2D eigenvalue weighted by molar-refractivity contribution is 0.170. The van der Waals surface area contributed by atoms with Gasteiger partial charge in [-0.05, 0) is 63.2 Å². The van der Waals surface area contributed by atoms with Gasteiger partial charge in [0.25, 0.3) is 0 Å². The minimum absolute atomic E-state index is 0.585. The maximum absolute atomic E-state index is 3.63. The molecule has 1 N–H and O–H groups in total. The molecule has 0 radical (unpaired) electrons. The highest BCUT2D eigenvalue weighted by Gasteiger charge is 2.20. The molecule has 0 aliphatic carbocycles. The van der Waals surface area contributed by atoms with E-state index in [0.717, 1.165) is 35.1 Å². The Kier molecular flexibility index (Phi) is 5.42. The topological polar surface area (TPSA) is 20.2 Å². The van der Waals surface area contributed by atoms with Crippen LogP contribution in [0.1, 0.15) is 20.3 Å². The first kappa shape index (κ1) is 18.5. The summed E-state index contributed by atoms with van der Waals surface area (Å²) in [4.78, 5) is 2.60. The summed E-state index contributed by atoms with van der Waals surface area (Å²) in [6, 6.07) is 14.4. The summed E-state index contributed by atoms with van der Waals surface area (Å²) in [5.74, 6) is 0. The third-order valence-corrected chi connectivity index (χ3v) is 6.26. The molecule has 2 atom stereocenters. The Morgan fingerprint density at radius 1 is 0.885 bits per heavy atom. The molecule has 3 aromatic rings. The summed E-state index contributed by atoms with van der Waals surface area (Å²) in [6.45, 7) is 9.08. The van der Waals surface area contributed by atoms with E-state index >= 15 is 0 Å². The molecule has 0 saturated carbocycles. The van der Waals surface area contributed by atoms with Crippen LogP contribution in [0.25, 0.3) is 21.8 Å². The predicted molar refractivity (Wildman–Crippen MR) is 118 cm³/mol. The molecule has 1 aliphatic rings. The molecular weight excluding hydrogens is 454 g/mol. The van der Waals surface area contributed by atoms with Gasteiger partial charge in [-0.3, -0.25) is 0 Å². The van der Waals surface area contributed by atoms with Crippen molar-refractivity contribution in [2.75, 3.05) is 19.6 Å². The molecule has 5 heteroatoms. The second-order valence-electron chi connectivity index (χ2n) is 7.56. The van der Waals surface area contributed by atoms with E-state index in [9.17, 15) is 0 Å². The Morgan fingerprint density at radius 2 is 1.42 bits per heavy atom. The lowest BCUT2D eigenvalue weighted by Crippen LogP contribution is -2.54. The van der Waals surface area contributed by atoms with Crippen LogP contribution in [0.5, 0.6) is 0 Å². The fraction of sp³-hybridized carbons (Fsp3) is 0.429. The van der Waals surface area contributed by atoms with Crippen LogP contribution in [-0.4, -0.2) is 41.2 Å². The zero-order valence-electron chi connectivity index (χ0n) is 15.3. The van der Waals surface area contributed by atoms with Gasteiger partial charge in [0.2, 0.25) is 0 Å². The number of nitrogens with one attached hydrogen (secondary N) is 1. The maximum Gasteiger partial charge on any atom is 0.0492 e. The van der Waals surface area contributed by atoms with Crippen LogP contribution in [0.4, 0.5) is 0 Å². The zero-order valence-corrected chi connectivity index (χ0v) is 18.5. The number of hydrogen-bond acceptors (Lipinski definition) is 2. The number of aryl methyl sites for hydroxylation is 1. The molecule has 138 valence electrons. The molecule has 1 fully saturated rings. The van der Waals surface area contributed by atoms with Crippen molar-refractivity contribution in [3.8, 4) is 0 Å². The third kappa shape index (κ3) is 3.72. The van der Waals surface area contributed by atoms with Crippen molar-refractivity contribution in [2.45, 2.75) is 38.9 Å². The van der Waals surface area contributed by atoms with Crippen molar-refractivity contribution >= 4 is 53.7 Å². The standard InChI is InChI=1S/C21H25Br2N3/c1-14-12-25(13-15(2)24-14)8-3-9-26-20-6-4-16(22)10-18(20)19-11-17(23)5-7-21(19)26/h4-7,10-11,14-15,24H,3,8-9,12-13H2,1-2H3/t14-,15+. The SMILES string of the molecule is C[C@@H]1CN(CCCn2c3ccc(Br)cc3c3cc(Br)ccc32)C[C@H](C)N1. The van der Waals surface area contributed by atoms with Crippen molar-refractivity contribution in [3.63, 3.8) is 0 Å². The van der Waals surface area contributed by atoms with Gasteiger partial charge in [-0.25, -0.2) is 0 Å². The number of rotatable bonds is 4. The largest absolute Gasteiger partial charge is 0.340 e. The van der Waals surface area contributed by atoms with Crippen molar-refractivity contribution < 1.29 is 0 Å². The second kappa shape index (κ2) is 7.63. The minimum atomic E-state index is 0.585. The quantitative estimate of drug-likeness (QED) is 0.542. The summed E-state index contributed by atoms with van der Waals surface area (Å²) in [5, 5.41) is 6.26. The molecule has 2 aromatic carbocycles. The first-order chi connectivity index (χ1) is 12.5. The van der Waals surface area contributed by atoms with E-state index in [-0.39, 0.29) is 0 Å². The van der Waals surface area contributed by atoms with Gasteiger partial charge >= 0.3 is 0 Å². The number of nitrogens with zero attached hydrogens (tertiary/aromatic N) is 2. The average molecular weight is 479 g/mol. The van der Waals surface area contributed by atoms with Gasteiger partial charge in [-0.1, -0.05) is 31.9 Å². The Bertz CT molecular complexity index is 865. The number of fused-ring (bicyclic) bond motifs is 3. The molecular formula is C21H25Br2N3. The van der Waals surface area contributed by atoms with Gasteiger partial charge in [0.15, 0.2) is 0 Å². The number of aromatic nitrogens is 1. The number of benzene rings is 2. The lowest BCUT2D eigenvalue weighted by Gasteiger charge is -2.36. The Hall–Kier alpha value is -0.880. The van der Waals surface area contributed by atoms with Gasteiger partial charge in [-0.15, -0.1) is 0 Å². The predicted octanol–water partition coefficient (Wildman–Crippen LogP) is 5.39. The molecule has 1 aliphatic heterocycles. The van der Waals surface area contributed by atoms with Crippen molar-refractivity contribution in [2.24, 2.45) is 0 Å². The summed E-state index contributed by atoms with van der Waals surface area (Å²) >= 11 is 7.26. The van der Waals surface area contributed by atoms with E-state index in [4.69, 9.17) is 0 Å². The van der Waals surface area contributed by atoms with E-state index in [1.807, 2.05) is 0 Å². The van der Waals surface area contributed by atoms with Crippen LogP contribution in [0.15, 0.2) is 45.3 Å². The highest BCUT2D eigenvalue weighted by molar-refractivity contribution is 9.10. The molecule has 0 amide bonds. The van der Waals surface area contributed by atoms with Gasteiger partial charge in [-0.2, -0.15) is 0 Å². The number of piperazine rings is 1. The summed E-state index contributed by atoms with van der Waals surface area (Å²) in [7, 11) is 0. The first-order valence-electron chi connectivity index (χ1n) is 9.36. The van der Waals surface area contributed by atoms with Gasteiger partial charge in [0.1, 0.15) is 0 Å². The molecule has 0 unspecified atom stereocenters. The second-order valence-corrected chi connectivity index (χ2v) is 9.39. The smallest absolute Gasteiger partial charge is 0.0492 e. The Morgan fingerprint density at radius 3 is 1.96 bits per heavy atom. The Labute approximate surface area is 172 Å². The third-order valence-electron chi connectivity index (χ3n) is 5.28. The monoisotopic (exact) mass is 477 g/mol. The highest BCUT2D eigenvalue weighted by atomic mass is 79.9. The number of hydrogen-bond donors (Lipinski definition) is 1. The van der Waals surface area contributed by atoms with E-state index in [1.54, 1.807) is 0 Å². The Balaban J connectivity index is 1.59. The molecule has 1 aromatic heterocycles. The average Bonchev–Trinajstić information content (AvgIpc) is 2.87. The summed E-state index contributed by atoms with van der Waals surface area (Å²) < 4.78 is 4.75. The molecule has 26 heavy (non-hydrogen) atoms. The van der Waals surface area contributed by atoms with Crippen molar-refractivity contribution in [1.82, 2.24) is 14.8 Å². The van der Waals surface area contributed by atoms with Crippen molar-refractivity contribution in [1.29, 1.82) is 0 Å². The highest BCUT2D eigenvalue weighted by Crippen LogP contribution is 2.33. The van der Waals surface area contributed by atoms with E-state index in [1.165, 1.54) is 28.2 Å². The van der Waals surface area contributed by atoms with Gasteiger partial charge in [0, 0.05) is 62.5 Å². The van der Waals surface area contributed by atoms with Crippen LogP contribution in [-0.2, 0) is 6.54 Å². The molecule has 0 bridgehead atoms.